The van der Waals surface area contributed by atoms with Crippen LogP contribution in [0.15, 0.2) is 18.5 Å². The summed E-state index contributed by atoms with van der Waals surface area (Å²) in [6.45, 7) is 3.99. The molecule has 0 saturated heterocycles. The van der Waals surface area contributed by atoms with Gasteiger partial charge in [0.05, 0.1) is 24.4 Å². The number of halogens is 1. The van der Waals surface area contributed by atoms with Crippen molar-refractivity contribution in [3.63, 3.8) is 0 Å². The molecular formula is C11H12IN4O2P. The highest BCUT2D eigenvalue weighted by atomic mass is 127. The zero-order chi connectivity index (χ0) is 13.8. The lowest BCUT2D eigenvalue weighted by molar-refractivity contribution is 0.0519. The third kappa shape index (κ3) is 3.27. The first-order valence-electron chi connectivity index (χ1n) is 5.58. The molecule has 100 valence electrons. The van der Waals surface area contributed by atoms with Crippen molar-refractivity contribution in [2.45, 2.75) is 13.8 Å². The van der Waals surface area contributed by atoms with Gasteiger partial charge in [0.2, 0.25) is 0 Å². The highest BCUT2D eigenvalue weighted by molar-refractivity contribution is 14.2. The summed E-state index contributed by atoms with van der Waals surface area (Å²) in [5.41, 5.74) is 2.71. The first-order chi connectivity index (χ1) is 9.15. The van der Waals surface area contributed by atoms with Crippen molar-refractivity contribution in [1.29, 1.82) is 0 Å². The molecule has 0 N–H and O–H groups in total. The van der Waals surface area contributed by atoms with Crippen molar-refractivity contribution in [2.75, 3.05) is 6.61 Å². The second kappa shape index (κ2) is 6.38. The number of hydrogen-bond donors (Lipinski definition) is 0. The molecule has 1 unspecified atom stereocenters. The van der Waals surface area contributed by atoms with Gasteiger partial charge in [0.25, 0.3) is 0 Å². The number of aryl methyl sites for hydroxylation is 1. The summed E-state index contributed by atoms with van der Waals surface area (Å²) in [6.07, 6.45) is 1.88. The first-order valence-corrected chi connectivity index (χ1v) is 9.64. The van der Waals surface area contributed by atoms with Gasteiger partial charge in [-0.1, -0.05) is 0 Å². The Morgan fingerprint density at radius 3 is 2.89 bits per heavy atom. The Hall–Kier alpha value is -1.08. The molecule has 0 fully saturated rings. The molecule has 8 heteroatoms. The van der Waals surface area contributed by atoms with Crippen molar-refractivity contribution in [1.82, 2.24) is 19.5 Å². The predicted molar refractivity (Wildman–Crippen MR) is 81.7 cm³/mol. The van der Waals surface area contributed by atoms with Gasteiger partial charge in [0.15, 0.2) is 5.69 Å². The zero-order valence-electron chi connectivity index (χ0n) is 10.4. The highest BCUT2D eigenvalue weighted by Gasteiger charge is 2.17. The fraction of sp³-hybridized carbons (Fsp3) is 0.273. The normalized spacial score (nSPS) is 11.1. The molecule has 0 spiro atoms. The monoisotopic (exact) mass is 390 g/mol. The van der Waals surface area contributed by atoms with E-state index in [2.05, 4.69) is 37.1 Å². The fourth-order valence-electron chi connectivity index (χ4n) is 1.53. The minimum Gasteiger partial charge on any atom is -0.461 e. The molecule has 2 aromatic rings. The van der Waals surface area contributed by atoms with E-state index < -0.39 is 5.97 Å². The summed E-state index contributed by atoms with van der Waals surface area (Å²) in [6, 6.07) is 3.56. The smallest absolute Gasteiger partial charge is 0.358 e. The van der Waals surface area contributed by atoms with Gasteiger partial charge in [-0.05, 0) is 42.0 Å². The second-order valence-electron chi connectivity index (χ2n) is 3.68. The quantitative estimate of drug-likeness (QED) is 0.456. The summed E-state index contributed by atoms with van der Waals surface area (Å²) in [5.74, 6) is -0.414. The first kappa shape index (κ1) is 14.3. The van der Waals surface area contributed by atoms with Crippen LogP contribution in [0.3, 0.4) is 0 Å². The third-order valence-corrected chi connectivity index (χ3v) is 4.21. The maximum atomic E-state index is 11.7. The van der Waals surface area contributed by atoms with E-state index in [9.17, 15) is 4.79 Å². The van der Waals surface area contributed by atoms with Crippen LogP contribution >= 0.6 is 28.4 Å². The van der Waals surface area contributed by atoms with Crippen LogP contribution in [0, 0.1) is 6.92 Å². The number of rotatable bonds is 4. The lowest BCUT2D eigenvalue weighted by Crippen LogP contribution is -2.05. The highest BCUT2D eigenvalue weighted by Crippen LogP contribution is 2.31. The van der Waals surface area contributed by atoms with Crippen molar-refractivity contribution in [2.24, 2.45) is 0 Å². The number of esters is 1. The van der Waals surface area contributed by atoms with Crippen molar-refractivity contribution >= 4 is 34.4 Å². The lowest BCUT2D eigenvalue weighted by Gasteiger charge is -2.02. The van der Waals surface area contributed by atoms with Gasteiger partial charge in [0.1, 0.15) is 6.33 Å². The molecule has 0 aromatic carbocycles. The van der Waals surface area contributed by atoms with Crippen LogP contribution < -0.4 is 0 Å². The summed E-state index contributed by atoms with van der Waals surface area (Å²) < 4.78 is 6.70. The standard InChI is InChI=1S/C11H12IN4O2P/c1-3-18-11(17)9-5-10(16(15-9)19-12)8-4-7(2)13-6-14-8/h4-6,19H,3H2,1-2H3. The molecule has 0 aliphatic rings. The molecule has 2 heterocycles. The van der Waals surface area contributed by atoms with E-state index >= 15 is 0 Å². The van der Waals surface area contributed by atoms with Crippen LogP contribution in [-0.2, 0) is 4.74 Å². The second-order valence-corrected chi connectivity index (χ2v) is 5.72. The minimum atomic E-state index is -0.414. The van der Waals surface area contributed by atoms with Gasteiger partial charge < -0.3 is 4.74 Å². The van der Waals surface area contributed by atoms with Gasteiger partial charge in [-0.25, -0.2) is 19.2 Å². The molecule has 2 aromatic heterocycles. The lowest BCUT2D eigenvalue weighted by atomic mass is 10.2. The Labute approximate surface area is 125 Å². The Morgan fingerprint density at radius 1 is 1.47 bits per heavy atom. The summed E-state index contributed by atoms with van der Waals surface area (Å²) >= 11 is 2.21. The Balaban J connectivity index is 2.42. The van der Waals surface area contributed by atoms with E-state index in [1.54, 1.807) is 17.4 Å². The fourth-order valence-corrected chi connectivity index (χ4v) is 3.05. The number of nitrogens with zero attached hydrogens (tertiary/aromatic N) is 4. The number of hydrogen-bond acceptors (Lipinski definition) is 5. The van der Waals surface area contributed by atoms with E-state index in [0.717, 1.165) is 17.1 Å². The number of ether oxygens (including phenoxy) is 1. The number of carbonyl (C=O) groups excluding carboxylic acids is 1. The van der Waals surface area contributed by atoms with Gasteiger partial charge in [-0.2, -0.15) is 5.10 Å². The maximum Gasteiger partial charge on any atom is 0.358 e. The van der Waals surface area contributed by atoms with Gasteiger partial charge in [0, 0.05) is 11.8 Å². The molecule has 2 rings (SSSR count). The molecule has 0 radical (unpaired) electrons. The Morgan fingerprint density at radius 2 is 2.26 bits per heavy atom. The van der Waals surface area contributed by atoms with Gasteiger partial charge >= 0.3 is 5.97 Å². The van der Waals surface area contributed by atoms with Crippen molar-refractivity contribution in [3.8, 4) is 11.4 Å². The molecule has 0 aliphatic carbocycles. The SMILES string of the molecule is CCOC(=O)c1cc(-c2cc(C)ncn2)n(PI)n1. The van der Waals surface area contributed by atoms with E-state index in [-0.39, 0.29) is 0 Å². The van der Waals surface area contributed by atoms with E-state index in [4.69, 9.17) is 4.74 Å². The van der Waals surface area contributed by atoms with Gasteiger partial charge in [-0.15, -0.1) is 0 Å². The molecule has 0 bridgehead atoms. The summed E-state index contributed by atoms with van der Waals surface area (Å²) in [5, 5.41) is 4.24. The largest absolute Gasteiger partial charge is 0.461 e. The number of carbonyl (C=O) groups is 1. The average molecular weight is 390 g/mol. The minimum absolute atomic E-state index is 0.303. The Kier molecular flexibility index (Phi) is 4.81. The molecule has 0 saturated carbocycles. The molecule has 19 heavy (non-hydrogen) atoms. The zero-order valence-corrected chi connectivity index (χ0v) is 13.6. The van der Waals surface area contributed by atoms with E-state index in [1.807, 2.05) is 13.0 Å². The molecule has 0 amide bonds. The van der Waals surface area contributed by atoms with Crippen molar-refractivity contribution < 1.29 is 9.53 Å². The third-order valence-electron chi connectivity index (χ3n) is 2.34. The molecule has 6 nitrogen and oxygen atoms in total. The van der Waals surface area contributed by atoms with Crippen LogP contribution in [0.25, 0.3) is 11.4 Å². The van der Waals surface area contributed by atoms with Crippen LogP contribution in [-0.4, -0.2) is 32.1 Å². The average Bonchev–Trinajstić information content (AvgIpc) is 2.83. The van der Waals surface area contributed by atoms with Crippen molar-refractivity contribution in [3.05, 3.63) is 29.8 Å². The predicted octanol–water partition coefficient (Wildman–Crippen LogP) is 2.62. The summed E-state index contributed by atoms with van der Waals surface area (Å²) in [4.78, 5) is 20.0. The molecule has 0 aliphatic heterocycles. The van der Waals surface area contributed by atoms with E-state index in [0.29, 0.717) is 18.7 Å². The molecular weight excluding hydrogens is 378 g/mol. The van der Waals surface area contributed by atoms with E-state index in [1.165, 1.54) is 6.33 Å². The molecule has 1 atom stereocenters. The van der Waals surface area contributed by atoms with Crippen LogP contribution in [0.2, 0.25) is 0 Å². The topological polar surface area (TPSA) is 69.9 Å². The van der Waals surface area contributed by atoms with Crippen LogP contribution in [0.4, 0.5) is 0 Å². The maximum absolute atomic E-state index is 11.7. The van der Waals surface area contributed by atoms with Crippen LogP contribution in [0.1, 0.15) is 23.1 Å². The summed E-state index contributed by atoms with van der Waals surface area (Å²) in [7, 11) is 0. The van der Waals surface area contributed by atoms with Gasteiger partial charge in [-0.3, -0.25) is 0 Å². The number of aromatic nitrogens is 4. The Bertz CT molecular complexity index is 602. The van der Waals surface area contributed by atoms with Crippen LogP contribution in [0.5, 0.6) is 0 Å².